The van der Waals surface area contributed by atoms with Crippen LogP contribution in [-0.2, 0) is 4.79 Å². The number of rotatable bonds is 5. The second-order valence-electron chi connectivity index (χ2n) is 5.65. The Morgan fingerprint density at radius 3 is 2.08 bits per heavy atom. The third-order valence-corrected chi connectivity index (χ3v) is 4.63. The van der Waals surface area contributed by atoms with E-state index in [-0.39, 0.29) is 5.91 Å². The zero-order valence-corrected chi connectivity index (χ0v) is 14.8. The Hall–Kier alpha value is -2.78. The maximum absolute atomic E-state index is 12.8. The zero-order chi connectivity index (χ0) is 17.5. The van der Waals surface area contributed by atoms with E-state index in [4.69, 9.17) is 0 Å². The molecule has 0 radical (unpaired) electrons. The molecule has 124 valence electrons. The number of carbonyl (C=O) groups excluding carboxylic acids is 1. The first-order valence-corrected chi connectivity index (χ1v) is 8.90. The van der Waals surface area contributed by atoms with Gasteiger partial charge in [0.15, 0.2) is 0 Å². The summed E-state index contributed by atoms with van der Waals surface area (Å²) in [5.41, 5.74) is 2.96. The lowest BCUT2D eigenvalue weighted by Crippen LogP contribution is -2.12. The summed E-state index contributed by atoms with van der Waals surface area (Å²) < 4.78 is 0. The van der Waals surface area contributed by atoms with Crippen LogP contribution in [0.4, 0.5) is 5.69 Å². The zero-order valence-electron chi connectivity index (χ0n) is 14.0. The molecule has 1 N–H and O–H groups in total. The van der Waals surface area contributed by atoms with Crippen LogP contribution in [0.5, 0.6) is 0 Å². The summed E-state index contributed by atoms with van der Waals surface area (Å²) >= 11 is 1.46. The van der Waals surface area contributed by atoms with E-state index in [1.54, 1.807) is 0 Å². The van der Waals surface area contributed by atoms with Gasteiger partial charge in [-0.1, -0.05) is 78.0 Å². The molecule has 2 nitrogen and oxygen atoms in total. The molecule has 0 unspecified atom stereocenters. The molecular formula is C22H19NOS. The minimum atomic E-state index is -0.110. The van der Waals surface area contributed by atoms with Gasteiger partial charge in [0, 0.05) is 10.6 Å². The van der Waals surface area contributed by atoms with Gasteiger partial charge in [-0.3, -0.25) is 4.79 Å². The molecule has 0 spiro atoms. The quantitative estimate of drug-likeness (QED) is 0.470. The number of amides is 1. The minimum Gasteiger partial charge on any atom is -0.322 e. The Balaban J connectivity index is 1.86. The minimum absolute atomic E-state index is 0.110. The van der Waals surface area contributed by atoms with Gasteiger partial charge in [0.2, 0.25) is 0 Å². The Morgan fingerprint density at radius 2 is 1.44 bits per heavy atom. The number of aryl methyl sites for hydroxylation is 1. The first-order valence-electron chi connectivity index (χ1n) is 8.08. The second-order valence-corrected chi connectivity index (χ2v) is 6.77. The van der Waals surface area contributed by atoms with Crippen LogP contribution in [0.15, 0.2) is 94.7 Å². The molecule has 0 aliphatic carbocycles. The van der Waals surface area contributed by atoms with E-state index in [2.05, 4.69) is 5.32 Å². The lowest BCUT2D eigenvalue weighted by Gasteiger charge is -2.09. The molecule has 0 saturated heterocycles. The standard InChI is InChI=1S/C22H19NOS/c1-17-12-14-19(15-13-17)23-22(24)21(16-18-8-4-2-5-9-18)25-20-10-6-3-7-11-20/h2-16H,1H3,(H,23,24)/b21-16-. The summed E-state index contributed by atoms with van der Waals surface area (Å²) in [4.78, 5) is 14.5. The number of carbonyl (C=O) groups is 1. The Kier molecular flexibility index (Phi) is 5.70. The van der Waals surface area contributed by atoms with Crippen molar-refractivity contribution in [3.05, 3.63) is 101 Å². The van der Waals surface area contributed by atoms with Gasteiger partial charge in [-0.2, -0.15) is 0 Å². The van der Waals surface area contributed by atoms with Crippen molar-refractivity contribution in [2.75, 3.05) is 5.32 Å². The number of anilines is 1. The molecule has 0 fully saturated rings. The van der Waals surface area contributed by atoms with Gasteiger partial charge >= 0.3 is 0 Å². The molecule has 3 heteroatoms. The van der Waals surface area contributed by atoms with Crippen molar-refractivity contribution in [3.63, 3.8) is 0 Å². The number of thioether (sulfide) groups is 1. The van der Waals surface area contributed by atoms with Crippen molar-refractivity contribution in [2.24, 2.45) is 0 Å². The van der Waals surface area contributed by atoms with Crippen LogP contribution < -0.4 is 5.32 Å². The predicted molar refractivity (Wildman–Crippen MR) is 107 cm³/mol. The Morgan fingerprint density at radius 1 is 0.840 bits per heavy atom. The fourth-order valence-electron chi connectivity index (χ4n) is 2.29. The maximum Gasteiger partial charge on any atom is 0.262 e. The highest BCUT2D eigenvalue weighted by Crippen LogP contribution is 2.29. The van der Waals surface area contributed by atoms with E-state index < -0.39 is 0 Å². The largest absolute Gasteiger partial charge is 0.322 e. The first-order chi connectivity index (χ1) is 12.2. The van der Waals surface area contributed by atoms with Crippen molar-refractivity contribution in [1.29, 1.82) is 0 Å². The first kappa shape index (κ1) is 17.1. The summed E-state index contributed by atoms with van der Waals surface area (Å²) in [6, 6.07) is 27.6. The van der Waals surface area contributed by atoms with Crippen molar-refractivity contribution >= 4 is 29.4 Å². The smallest absolute Gasteiger partial charge is 0.262 e. The highest BCUT2D eigenvalue weighted by Gasteiger charge is 2.12. The van der Waals surface area contributed by atoms with Crippen molar-refractivity contribution in [2.45, 2.75) is 11.8 Å². The molecule has 1 amide bonds. The number of hydrogen-bond donors (Lipinski definition) is 1. The molecule has 0 aliphatic rings. The maximum atomic E-state index is 12.8. The predicted octanol–water partition coefficient (Wildman–Crippen LogP) is 5.77. The van der Waals surface area contributed by atoms with Gasteiger partial charge in [0.05, 0.1) is 4.91 Å². The monoisotopic (exact) mass is 345 g/mol. The third kappa shape index (κ3) is 5.10. The topological polar surface area (TPSA) is 29.1 Å². The molecule has 25 heavy (non-hydrogen) atoms. The Bertz CT molecular complexity index is 856. The molecule has 0 heterocycles. The summed E-state index contributed by atoms with van der Waals surface area (Å²) in [6.45, 7) is 2.03. The van der Waals surface area contributed by atoms with E-state index >= 15 is 0 Å². The van der Waals surface area contributed by atoms with Crippen LogP contribution in [0, 0.1) is 6.92 Å². The van der Waals surface area contributed by atoms with E-state index in [1.807, 2.05) is 97.9 Å². The average Bonchev–Trinajstić information content (AvgIpc) is 2.65. The van der Waals surface area contributed by atoms with Crippen LogP contribution in [0.2, 0.25) is 0 Å². The van der Waals surface area contributed by atoms with Gasteiger partial charge in [0.25, 0.3) is 5.91 Å². The van der Waals surface area contributed by atoms with Gasteiger partial charge in [-0.15, -0.1) is 0 Å². The second kappa shape index (κ2) is 8.36. The fraction of sp³-hybridized carbons (Fsp3) is 0.0455. The highest BCUT2D eigenvalue weighted by molar-refractivity contribution is 8.04. The van der Waals surface area contributed by atoms with Crippen LogP contribution in [-0.4, -0.2) is 5.91 Å². The average molecular weight is 345 g/mol. The van der Waals surface area contributed by atoms with E-state index in [9.17, 15) is 4.79 Å². The molecule has 0 atom stereocenters. The van der Waals surface area contributed by atoms with E-state index in [1.165, 1.54) is 11.8 Å². The summed E-state index contributed by atoms with van der Waals surface area (Å²) in [6.07, 6.45) is 1.92. The van der Waals surface area contributed by atoms with Gasteiger partial charge in [-0.25, -0.2) is 0 Å². The number of hydrogen-bond acceptors (Lipinski definition) is 2. The van der Waals surface area contributed by atoms with Gasteiger partial charge in [0.1, 0.15) is 0 Å². The van der Waals surface area contributed by atoms with Crippen molar-refractivity contribution in [3.8, 4) is 0 Å². The fourth-order valence-corrected chi connectivity index (χ4v) is 3.17. The van der Waals surface area contributed by atoms with E-state index in [0.717, 1.165) is 21.7 Å². The molecule has 3 rings (SSSR count). The van der Waals surface area contributed by atoms with Gasteiger partial charge < -0.3 is 5.32 Å². The van der Waals surface area contributed by atoms with Crippen LogP contribution in [0.1, 0.15) is 11.1 Å². The SMILES string of the molecule is Cc1ccc(NC(=O)/C(=C/c2ccccc2)Sc2ccccc2)cc1. The number of benzene rings is 3. The normalized spacial score (nSPS) is 11.2. The highest BCUT2D eigenvalue weighted by atomic mass is 32.2. The molecule has 3 aromatic rings. The van der Waals surface area contributed by atoms with E-state index in [0.29, 0.717) is 4.91 Å². The summed E-state index contributed by atoms with van der Waals surface area (Å²) in [7, 11) is 0. The van der Waals surface area contributed by atoms with Crippen LogP contribution >= 0.6 is 11.8 Å². The molecule has 0 bridgehead atoms. The van der Waals surface area contributed by atoms with Crippen LogP contribution in [0.3, 0.4) is 0 Å². The van der Waals surface area contributed by atoms with Crippen LogP contribution in [0.25, 0.3) is 6.08 Å². The van der Waals surface area contributed by atoms with Gasteiger partial charge in [-0.05, 0) is 42.8 Å². The Labute approximate surface area is 152 Å². The molecule has 0 aromatic heterocycles. The lowest BCUT2D eigenvalue weighted by atomic mass is 10.2. The third-order valence-electron chi connectivity index (χ3n) is 3.60. The lowest BCUT2D eigenvalue weighted by molar-refractivity contribution is -0.112. The molecule has 3 aromatic carbocycles. The van der Waals surface area contributed by atoms with Crippen molar-refractivity contribution in [1.82, 2.24) is 0 Å². The number of nitrogens with one attached hydrogen (secondary N) is 1. The van der Waals surface area contributed by atoms with Crippen molar-refractivity contribution < 1.29 is 4.79 Å². The molecular weight excluding hydrogens is 326 g/mol. The summed E-state index contributed by atoms with van der Waals surface area (Å²) in [5.74, 6) is -0.110. The molecule has 0 aliphatic heterocycles. The molecule has 0 saturated carbocycles. The summed E-state index contributed by atoms with van der Waals surface area (Å²) in [5, 5.41) is 2.98.